The maximum atomic E-state index is 11.3. The first-order valence-electron chi connectivity index (χ1n) is 9.91. The van der Waals surface area contributed by atoms with Crippen molar-refractivity contribution in [3.05, 3.63) is 18.0 Å². The SMILES string of the molecule is Cl.O=C(NO)c1cnc(N2CCC3(CC2)CN(CC2CCCCC2)C3)nc1. The molecule has 0 unspecified atom stereocenters. The van der Waals surface area contributed by atoms with Crippen LogP contribution in [0.3, 0.4) is 0 Å². The number of halogens is 1. The molecular formula is C19H30ClN5O2. The summed E-state index contributed by atoms with van der Waals surface area (Å²) in [6.07, 6.45) is 12.5. The highest BCUT2D eigenvalue weighted by atomic mass is 35.5. The van der Waals surface area contributed by atoms with E-state index < -0.39 is 5.91 Å². The van der Waals surface area contributed by atoms with E-state index in [0.29, 0.717) is 11.4 Å². The Morgan fingerprint density at radius 2 is 1.78 bits per heavy atom. The maximum absolute atomic E-state index is 11.3. The van der Waals surface area contributed by atoms with Crippen molar-refractivity contribution in [3.8, 4) is 0 Å². The van der Waals surface area contributed by atoms with Crippen molar-refractivity contribution in [2.45, 2.75) is 44.9 Å². The molecule has 4 rings (SSSR count). The van der Waals surface area contributed by atoms with Gasteiger partial charge in [0.05, 0.1) is 5.56 Å². The van der Waals surface area contributed by atoms with Crippen LogP contribution in [-0.4, -0.2) is 58.7 Å². The summed E-state index contributed by atoms with van der Waals surface area (Å²) < 4.78 is 0. The highest BCUT2D eigenvalue weighted by molar-refractivity contribution is 5.92. The molecule has 7 nitrogen and oxygen atoms in total. The summed E-state index contributed by atoms with van der Waals surface area (Å²) >= 11 is 0. The lowest BCUT2D eigenvalue weighted by molar-refractivity contribution is -0.0304. The van der Waals surface area contributed by atoms with Crippen molar-refractivity contribution in [1.29, 1.82) is 0 Å². The lowest BCUT2D eigenvalue weighted by atomic mass is 9.71. The fourth-order valence-corrected chi connectivity index (χ4v) is 4.93. The molecule has 150 valence electrons. The second kappa shape index (κ2) is 8.71. The van der Waals surface area contributed by atoms with Crippen molar-refractivity contribution in [1.82, 2.24) is 20.3 Å². The molecule has 1 amide bonds. The van der Waals surface area contributed by atoms with Crippen LogP contribution >= 0.6 is 12.4 Å². The third-order valence-electron chi connectivity index (χ3n) is 6.47. The van der Waals surface area contributed by atoms with Crippen LogP contribution < -0.4 is 10.4 Å². The predicted octanol–water partition coefficient (Wildman–Crippen LogP) is 2.50. The molecule has 2 N–H and O–H groups in total. The topological polar surface area (TPSA) is 81.6 Å². The molecule has 8 heteroatoms. The summed E-state index contributed by atoms with van der Waals surface area (Å²) in [6.45, 7) is 5.77. The third-order valence-corrected chi connectivity index (χ3v) is 6.47. The predicted molar refractivity (Wildman–Crippen MR) is 105 cm³/mol. The van der Waals surface area contributed by atoms with Crippen LogP contribution in [0.1, 0.15) is 55.3 Å². The number of nitrogens with one attached hydrogen (secondary N) is 1. The zero-order valence-corrected chi connectivity index (χ0v) is 16.6. The molecule has 1 aromatic rings. The minimum Gasteiger partial charge on any atom is -0.341 e. The Hall–Kier alpha value is -1.44. The highest BCUT2D eigenvalue weighted by Crippen LogP contribution is 2.41. The van der Waals surface area contributed by atoms with E-state index >= 15 is 0 Å². The van der Waals surface area contributed by atoms with E-state index in [0.717, 1.165) is 19.0 Å². The number of aromatic nitrogens is 2. The molecule has 0 bridgehead atoms. The number of hydrogen-bond donors (Lipinski definition) is 2. The summed E-state index contributed by atoms with van der Waals surface area (Å²) in [6, 6.07) is 0. The van der Waals surface area contributed by atoms with Crippen LogP contribution in [0.25, 0.3) is 0 Å². The second-order valence-electron chi connectivity index (χ2n) is 8.37. The molecular weight excluding hydrogens is 366 g/mol. The molecule has 27 heavy (non-hydrogen) atoms. The lowest BCUT2D eigenvalue weighted by Gasteiger charge is -2.55. The van der Waals surface area contributed by atoms with Gasteiger partial charge in [-0.25, -0.2) is 15.4 Å². The summed E-state index contributed by atoms with van der Waals surface area (Å²) in [5, 5.41) is 8.65. The smallest absolute Gasteiger partial charge is 0.277 e. The molecule has 2 saturated heterocycles. The molecule has 3 fully saturated rings. The van der Waals surface area contributed by atoms with Gasteiger partial charge in [-0.3, -0.25) is 10.0 Å². The molecule has 1 aromatic heterocycles. The van der Waals surface area contributed by atoms with Crippen molar-refractivity contribution in [2.24, 2.45) is 11.3 Å². The van der Waals surface area contributed by atoms with Gasteiger partial charge in [-0.15, -0.1) is 12.4 Å². The molecule has 0 radical (unpaired) electrons. The summed E-state index contributed by atoms with van der Waals surface area (Å²) in [7, 11) is 0. The fourth-order valence-electron chi connectivity index (χ4n) is 4.93. The monoisotopic (exact) mass is 395 g/mol. The molecule has 2 aliphatic heterocycles. The van der Waals surface area contributed by atoms with Crippen molar-refractivity contribution in [3.63, 3.8) is 0 Å². The number of likely N-dealkylation sites (tertiary alicyclic amines) is 1. The minimum atomic E-state index is -0.582. The molecule has 0 atom stereocenters. The zero-order valence-electron chi connectivity index (χ0n) is 15.8. The van der Waals surface area contributed by atoms with E-state index in [9.17, 15) is 4.79 Å². The molecule has 3 heterocycles. The first kappa shape index (κ1) is 20.3. The van der Waals surface area contributed by atoms with E-state index in [1.807, 2.05) is 0 Å². The molecule has 1 saturated carbocycles. The average molecular weight is 396 g/mol. The Bertz CT molecular complexity index is 619. The van der Waals surface area contributed by atoms with E-state index in [4.69, 9.17) is 5.21 Å². The first-order valence-corrected chi connectivity index (χ1v) is 9.91. The van der Waals surface area contributed by atoms with Crippen LogP contribution in [0.15, 0.2) is 12.4 Å². The second-order valence-corrected chi connectivity index (χ2v) is 8.37. The number of carbonyl (C=O) groups is 1. The van der Waals surface area contributed by atoms with E-state index in [2.05, 4.69) is 19.8 Å². The van der Waals surface area contributed by atoms with Gasteiger partial charge >= 0.3 is 0 Å². The van der Waals surface area contributed by atoms with Gasteiger partial charge in [0, 0.05) is 45.1 Å². The average Bonchev–Trinajstić information content (AvgIpc) is 2.68. The Balaban J connectivity index is 0.00000210. The number of nitrogens with zero attached hydrogens (tertiary/aromatic N) is 4. The normalized spacial score (nSPS) is 22.8. The Kier molecular flexibility index (Phi) is 6.55. The summed E-state index contributed by atoms with van der Waals surface area (Å²) in [5.74, 6) is 1.03. The highest BCUT2D eigenvalue weighted by Gasteiger charge is 2.45. The number of rotatable bonds is 4. The van der Waals surface area contributed by atoms with Gasteiger partial charge in [0.15, 0.2) is 0 Å². The van der Waals surface area contributed by atoms with Gasteiger partial charge in [-0.2, -0.15) is 0 Å². The Morgan fingerprint density at radius 1 is 1.15 bits per heavy atom. The van der Waals surface area contributed by atoms with Crippen molar-refractivity contribution < 1.29 is 10.0 Å². The maximum Gasteiger partial charge on any atom is 0.277 e. The minimum absolute atomic E-state index is 0. The van der Waals surface area contributed by atoms with E-state index in [1.54, 1.807) is 5.48 Å². The largest absolute Gasteiger partial charge is 0.341 e. The summed E-state index contributed by atoms with van der Waals surface area (Å²) in [5.41, 5.74) is 2.37. The molecule has 1 aliphatic carbocycles. The Morgan fingerprint density at radius 3 is 2.37 bits per heavy atom. The zero-order chi connectivity index (χ0) is 18.0. The van der Waals surface area contributed by atoms with Crippen LogP contribution in [0.5, 0.6) is 0 Å². The van der Waals surface area contributed by atoms with Crippen molar-refractivity contribution in [2.75, 3.05) is 37.6 Å². The number of anilines is 1. The Labute approximate surface area is 166 Å². The number of hydrogen-bond acceptors (Lipinski definition) is 6. The summed E-state index contributed by atoms with van der Waals surface area (Å²) in [4.78, 5) is 24.8. The van der Waals surface area contributed by atoms with Crippen LogP contribution in [-0.2, 0) is 0 Å². The van der Waals surface area contributed by atoms with Crippen LogP contribution in [0, 0.1) is 11.3 Å². The number of hydroxylamine groups is 1. The molecule has 3 aliphatic rings. The van der Waals surface area contributed by atoms with E-state index in [-0.39, 0.29) is 18.0 Å². The number of piperidine rings is 1. The molecule has 0 aromatic carbocycles. The first-order chi connectivity index (χ1) is 12.7. The standard InChI is InChI=1S/C19H29N5O2.ClH/c25-17(22-26)16-10-20-18(21-11-16)24-8-6-19(7-9-24)13-23(14-19)12-15-4-2-1-3-5-15;/h10-11,15,26H,1-9,12-14H2,(H,22,25);1H. The quantitative estimate of drug-likeness (QED) is 0.602. The fraction of sp³-hybridized carbons (Fsp3) is 0.737. The van der Waals surface area contributed by atoms with Gasteiger partial charge < -0.3 is 9.80 Å². The van der Waals surface area contributed by atoms with Gasteiger partial charge in [-0.05, 0) is 37.0 Å². The van der Waals surface area contributed by atoms with E-state index in [1.165, 1.54) is 77.0 Å². The number of carbonyl (C=O) groups excluding carboxylic acids is 1. The van der Waals surface area contributed by atoms with Gasteiger partial charge in [0.25, 0.3) is 5.91 Å². The van der Waals surface area contributed by atoms with Crippen LogP contribution in [0.4, 0.5) is 5.95 Å². The van der Waals surface area contributed by atoms with Gasteiger partial charge in [0.1, 0.15) is 0 Å². The lowest BCUT2D eigenvalue weighted by Crippen LogP contribution is -2.61. The van der Waals surface area contributed by atoms with Crippen molar-refractivity contribution >= 4 is 24.3 Å². The van der Waals surface area contributed by atoms with Gasteiger partial charge in [0.2, 0.25) is 5.95 Å². The third kappa shape index (κ3) is 4.52. The molecule has 1 spiro atoms. The van der Waals surface area contributed by atoms with Gasteiger partial charge in [-0.1, -0.05) is 19.3 Å². The number of amides is 1. The van der Waals surface area contributed by atoms with Crippen LogP contribution in [0.2, 0.25) is 0 Å².